The molecule has 1 rings (SSSR count). The molecule has 0 bridgehead atoms. The van der Waals surface area contributed by atoms with Gasteiger partial charge in [-0.3, -0.25) is 4.79 Å². The molecule has 4 N–H and O–H groups in total. The van der Waals surface area contributed by atoms with Crippen molar-refractivity contribution in [3.05, 3.63) is 29.8 Å². The van der Waals surface area contributed by atoms with Crippen molar-refractivity contribution in [3.8, 4) is 0 Å². The second kappa shape index (κ2) is 7.46. The van der Waals surface area contributed by atoms with Crippen LogP contribution < -0.4 is 16.4 Å². The van der Waals surface area contributed by atoms with Crippen LogP contribution in [-0.4, -0.2) is 18.5 Å². The fourth-order valence-electron chi connectivity index (χ4n) is 1.85. The van der Waals surface area contributed by atoms with E-state index in [9.17, 15) is 4.79 Å². The average molecular weight is 291 g/mol. The van der Waals surface area contributed by atoms with E-state index in [1.807, 2.05) is 45.0 Å². The first-order valence-electron chi connectivity index (χ1n) is 7.57. The normalized spacial score (nSPS) is 13.1. The van der Waals surface area contributed by atoms with E-state index in [0.717, 1.165) is 17.8 Å². The minimum atomic E-state index is -0.506. The Kier molecular flexibility index (Phi) is 6.21. The molecule has 0 fully saturated rings. The van der Waals surface area contributed by atoms with E-state index in [1.54, 1.807) is 0 Å². The van der Waals surface area contributed by atoms with E-state index >= 15 is 0 Å². The zero-order valence-electron chi connectivity index (χ0n) is 13.9. The van der Waals surface area contributed by atoms with Gasteiger partial charge in [0, 0.05) is 18.8 Å². The summed E-state index contributed by atoms with van der Waals surface area (Å²) in [4.78, 5) is 12.1. The summed E-state index contributed by atoms with van der Waals surface area (Å²) in [5.41, 5.74) is 7.87. The lowest BCUT2D eigenvalue weighted by atomic mass is 9.87. The summed E-state index contributed by atoms with van der Waals surface area (Å²) in [6.45, 7) is 11.6. The molecule has 0 unspecified atom stereocenters. The van der Waals surface area contributed by atoms with Crippen molar-refractivity contribution in [1.82, 2.24) is 5.32 Å². The van der Waals surface area contributed by atoms with Gasteiger partial charge in [0.25, 0.3) is 0 Å². The van der Waals surface area contributed by atoms with Crippen molar-refractivity contribution >= 4 is 11.6 Å². The largest absolute Gasteiger partial charge is 0.385 e. The van der Waals surface area contributed by atoms with Gasteiger partial charge in [0.05, 0.1) is 6.04 Å². The van der Waals surface area contributed by atoms with Gasteiger partial charge in [-0.2, -0.15) is 0 Å². The molecule has 0 heterocycles. The first-order chi connectivity index (χ1) is 9.71. The predicted octanol–water partition coefficient (Wildman–Crippen LogP) is 2.74. The van der Waals surface area contributed by atoms with Crippen LogP contribution in [0.25, 0.3) is 0 Å². The monoisotopic (exact) mass is 291 g/mol. The predicted molar refractivity (Wildman–Crippen MR) is 89.0 cm³/mol. The number of nitrogens with one attached hydrogen (secondary N) is 2. The standard InChI is InChI=1S/C17H29N3O/c1-12(2)10-19-14-9-7-6-8-13(14)11-20-16(21)15(18)17(3,4)5/h6-9,12,15,19H,10-11,18H2,1-5H3,(H,20,21)/t15-/m1/s1. The van der Waals surface area contributed by atoms with Gasteiger partial charge in [0.2, 0.25) is 5.91 Å². The molecule has 0 aliphatic carbocycles. The maximum absolute atomic E-state index is 12.1. The second-order valence-corrected chi connectivity index (χ2v) is 6.99. The summed E-state index contributed by atoms with van der Waals surface area (Å²) in [5, 5.41) is 6.34. The fraction of sp³-hybridized carbons (Fsp3) is 0.588. The van der Waals surface area contributed by atoms with Crippen LogP contribution in [-0.2, 0) is 11.3 Å². The van der Waals surface area contributed by atoms with Crippen LogP contribution in [0.5, 0.6) is 0 Å². The quantitative estimate of drug-likeness (QED) is 0.755. The summed E-state index contributed by atoms with van der Waals surface area (Å²) < 4.78 is 0. The first kappa shape index (κ1) is 17.5. The molecule has 1 aromatic rings. The summed E-state index contributed by atoms with van der Waals surface area (Å²) in [6.07, 6.45) is 0. The van der Waals surface area contributed by atoms with Gasteiger partial charge >= 0.3 is 0 Å². The zero-order valence-corrected chi connectivity index (χ0v) is 13.9. The molecule has 118 valence electrons. The molecule has 0 aliphatic heterocycles. The highest BCUT2D eigenvalue weighted by molar-refractivity contribution is 5.82. The minimum Gasteiger partial charge on any atom is -0.385 e. The number of hydrogen-bond acceptors (Lipinski definition) is 3. The SMILES string of the molecule is CC(C)CNc1ccccc1CNC(=O)[C@@H](N)C(C)(C)C. The molecule has 21 heavy (non-hydrogen) atoms. The lowest BCUT2D eigenvalue weighted by Gasteiger charge is -2.26. The Balaban J connectivity index is 2.65. The number of carbonyl (C=O) groups is 1. The number of hydrogen-bond donors (Lipinski definition) is 3. The summed E-state index contributed by atoms with van der Waals surface area (Å²) in [7, 11) is 0. The molecular weight excluding hydrogens is 262 g/mol. The Bertz CT molecular complexity index is 463. The van der Waals surface area contributed by atoms with E-state index in [-0.39, 0.29) is 11.3 Å². The van der Waals surface area contributed by atoms with Crippen molar-refractivity contribution in [2.24, 2.45) is 17.1 Å². The maximum Gasteiger partial charge on any atom is 0.237 e. The molecule has 0 spiro atoms. The minimum absolute atomic E-state index is 0.110. The van der Waals surface area contributed by atoms with Gasteiger partial charge in [-0.05, 0) is 23.0 Å². The molecule has 0 saturated carbocycles. The highest BCUT2D eigenvalue weighted by Gasteiger charge is 2.27. The third kappa shape index (κ3) is 5.76. The molecule has 0 aromatic heterocycles. The molecule has 1 amide bonds. The molecule has 1 aromatic carbocycles. The summed E-state index contributed by atoms with van der Waals surface area (Å²) in [5.74, 6) is 0.461. The van der Waals surface area contributed by atoms with E-state index in [4.69, 9.17) is 5.73 Å². The van der Waals surface area contributed by atoms with Crippen LogP contribution in [0, 0.1) is 11.3 Å². The number of nitrogens with two attached hydrogens (primary N) is 1. The number of anilines is 1. The van der Waals surface area contributed by atoms with E-state index in [1.165, 1.54) is 0 Å². The Morgan fingerprint density at radius 1 is 1.24 bits per heavy atom. The van der Waals surface area contributed by atoms with Crippen LogP contribution in [0.2, 0.25) is 0 Å². The topological polar surface area (TPSA) is 67.1 Å². The van der Waals surface area contributed by atoms with Gasteiger partial charge < -0.3 is 16.4 Å². The number of rotatable bonds is 6. The third-order valence-corrected chi connectivity index (χ3v) is 3.39. The van der Waals surface area contributed by atoms with Crippen molar-refractivity contribution in [2.75, 3.05) is 11.9 Å². The average Bonchev–Trinajstić information content (AvgIpc) is 2.41. The van der Waals surface area contributed by atoms with Gasteiger partial charge in [0.15, 0.2) is 0 Å². The van der Waals surface area contributed by atoms with Gasteiger partial charge in [-0.15, -0.1) is 0 Å². The Hall–Kier alpha value is -1.55. The molecular formula is C17H29N3O. The third-order valence-electron chi connectivity index (χ3n) is 3.39. The molecule has 0 aliphatic rings. The number of carbonyl (C=O) groups excluding carboxylic acids is 1. The highest BCUT2D eigenvalue weighted by Crippen LogP contribution is 2.18. The van der Waals surface area contributed by atoms with Crippen LogP contribution in [0.15, 0.2) is 24.3 Å². The van der Waals surface area contributed by atoms with Crippen LogP contribution in [0.4, 0.5) is 5.69 Å². The van der Waals surface area contributed by atoms with Gasteiger partial charge in [-0.1, -0.05) is 52.8 Å². The molecule has 4 nitrogen and oxygen atoms in total. The summed E-state index contributed by atoms with van der Waals surface area (Å²) >= 11 is 0. The lowest BCUT2D eigenvalue weighted by molar-refractivity contribution is -0.124. The fourth-order valence-corrected chi connectivity index (χ4v) is 1.85. The van der Waals surface area contributed by atoms with E-state index < -0.39 is 6.04 Å². The van der Waals surface area contributed by atoms with Crippen LogP contribution >= 0.6 is 0 Å². The molecule has 0 saturated heterocycles. The van der Waals surface area contributed by atoms with E-state index in [0.29, 0.717) is 12.5 Å². The smallest absolute Gasteiger partial charge is 0.237 e. The first-order valence-corrected chi connectivity index (χ1v) is 7.57. The number of para-hydroxylation sites is 1. The van der Waals surface area contributed by atoms with E-state index in [2.05, 4.69) is 24.5 Å². The second-order valence-electron chi connectivity index (χ2n) is 6.99. The van der Waals surface area contributed by atoms with Gasteiger partial charge in [0.1, 0.15) is 0 Å². The van der Waals surface area contributed by atoms with Crippen LogP contribution in [0.1, 0.15) is 40.2 Å². The van der Waals surface area contributed by atoms with Crippen molar-refractivity contribution in [2.45, 2.75) is 47.2 Å². The van der Waals surface area contributed by atoms with Gasteiger partial charge in [-0.25, -0.2) is 0 Å². The molecule has 0 radical (unpaired) electrons. The van der Waals surface area contributed by atoms with Crippen molar-refractivity contribution in [3.63, 3.8) is 0 Å². The summed E-state index contributed by atoms with van der Waals surface area (Å²) in [6, 6.07) is 7.52. The number of benzene rings is 1. The maximum atomic E-state index is 12.1. The van der Waals surface area contributed by atoms with Crippen molar-refractivity contribution in [1.29, 1.82) is 0 Å². The van der Waals surface area contributed by atoms with Crippen LogP contribution in [0.3, 0.4) is 0 Å². The van der Waals surface area contributed by atoms with Crippen molar-refractivity contribution < 1.29 is 4.79 Å². The molecule has 1 atom stereocenters. The lowest BCUT2D eigenvalue weighted by Crippen LogP contribution is -2.48. The highest BCUT2D eigenvalue weighted by atomic mass is 16.2. The zero-order chi connectivity index (χ0) is 16.0. The number of amides is 1. The Morgan fingerprint density at radius 3 is 2.43 bits per heavy atom. The Morgan fingerprint density at radius 2 is 1.86 bits per heavy atom. The molecule has 4 heteroatoms. The Labute approximate surface area is 128 Å².